The predicted octanol–water partition coefficient (Wildman–Crippen LogP) is 5.66. The smallest absolute Gasteiger partial charge is 0.164 e. The summed E-state index contributed by atoms with van der Waals surface area (Å²) < 4.78 is 0. The number of hydrogen-bond acceptors (Lipinski definition) is 2. The van der Waals surface area contributed by atoms with Crippen molar-refractivity contribution >= 4 is 34.2 Å². The van der Waals surface area contributed by atoms with Crippen molar-refractivity contribution in [1.29, 1.82) is 0 Å². The summed E-state index contributed by atoms with van der Waals surface area (Å²) in [5.41, 5.74) is 2.01. The first kappa shape index (κ1) is 16.2. The second-order valence-electron chi connectivity index (χ2n) is 6.45. The molecule has 2 nitrogen and oxygen atoms in total. The van der Waals surface area contributed by atoms with Gasteiger partial charge in [0.15, 0.2) is 5.17 Å². The first-order valence-corrected chi connectivity index (χ1v) is 9.82. The van der Waals surface area contributed by atoms with Crippen LogP contribution in [0.2, 0.25) is 5.02 Å². The van der Waals surface area contributed by atoms with Crippen LogP contribution in [0.25, 0.3) is 0 Å². The summed E-state index contributed by atoms with van der Waals surface area (Å²) in [4.78, 5) is 7.35. The van der Waals surface area contributed by atoms with Gasteiger partial charge in [0.05, 0.1) is 10.7 Å². The first-order valence-electron chi connectivity index (χ1n) is 8.45. The Labute approximate surface area is 143 Å². The van der Waals surface area contributed by atoms with Crippen LogP contribution in [0.4, 0.5) is 5.69 Å². The highest BCUT2D eigenvalue weighted by Gasteiger charge is 2.23. The van der Waals surface area contributed by atoms with Gasteiger partial charge in [-0.3, -0.25) is 0 Å². The van der Waals surface area contributed by atoms with Crippen LogP contribution in [-0.2, 0) is 0 Å². The number of amidine groups is 1. The molecule has 4 heteroatoms. The molecular formula is C18H25ClN2S. The molecule has 0 aromatic heterocycles. The molecule has 1 saturated carbocycles. The maximum atomic E-state index is 6.40. The van der Waals surface area contributed by atoms with Gasteiger partial charge in [0.2, 0.25) is 0 Å². The number of aliphatic imine (C=N–C) groups is 1. The van der Waals surface area contributed by atoms with Gasteiger partial charge >= 0.3 is 0 Å². The summed E-state index contributed by atoms with van der Waals surface area (Å²) in [5, 5.41) is 1.95. The molecule has 1 aliphatic carbocycles. The molecule has 0 amide bonds. The predicted molar refractivity (Wildman–Crippen MR) is 98.5 cm³/mol. The molecule has 1 aromatic carbocycles. The monoisotopic (exact) mass is 336 g/mol. The van der Waals surface area contributed by atoms with E-state index in [1.807, 2.05) is 36.9 Å². The highest BCUT2D eigenvalue weighted by Crippen LogP contribution is 2.32. The van der Waals surface area contributed by atoms with Crippen LogP contribution in [0.15, 0.2) is 23.2 Å². The van der Waals surface area contributed by atoms with Crippen molar-refractivity contribution in [3.63, 3.8) is 0 Å². The Balaban J connectivity index is 1.72. The normalized spacial score (nSPS) is 22.3. The van der Waals surface area contributed by atoms with Crippen molar-refractivity contribution in [2.24, 2.45) is 10.9 Å². The number of aryl methyl sites for hydroxylation is 1. The topological polar surface area (TPSA) is 15.6 Å². The van der Waals surface area contributed by atoms with Crippen molar-refractivity contribution in [1.82, 2.24) is 4.90 Å². The van der Waals surface area contributed by atoms with E-state index >= 15 is 0 Å². The quantitative estimate of drug-likeness (QED) is 0.662. The number of thioether (sulfide) groups is 1. The molecule has 2 aliphatic rings. The minimum Gasteiger partial charge on any atom is -0.350 e. The highest BCUT2D eigenvalue weighted by molar-refractivity contribution is 8.14. The number of rotatable bonds is 3. The summed E-state index contributed by atoms with van der Waals surface area (Å²) in [7, 11) is 0. The average Bonchev–Trinajstić information content (AvgIpc) is 2.78. The standard InChI is InChI=1S/C18H25ClN2S/c1-14-7-6-10-16(17(14)19)20-18-21(11-12-22-18)13-15-8-4-2-3-5-9-15/h6-7,10,15H,2-5,8-9,11-13H2,1H3. The van der Waals surface area contributed by atoms with Crippen molar-refractivity contribution in [3.8, 4) is 0 Å². The molecule has 1 heterocycles. The minimum atomic E-state index is 0.789. The van der Waals surface area contributed by atoms with Crippen LogP contribution in [0, 0.1) is 12.8 Å². The van der Waals surface area contributed by atoms with E-state index in [4.69, 9.17) is 16.6 Å². The molecule has 1 aromatic rings. The number of nitrogens with zero attached hydrogens (tertiary/aromatic N) is 2. The Hall–Kier alpha value is -0.670. The summed E-state index contributed by atoms with van der Waals surface area (Å²) in [5.74, 6) is 1.99. The lowest BCUT2D eigenvalue weighted by molar-refractivity contribution is 0.333. The molecule has 0 N–H and O–H groups in total. The number of benzene rings is 1. The van der Waals surface area contributed by atoms with E-state index < -0.39 is 0 Å². The zero-order chi connectivity index (χ0) is 15.4. The first-order chi connectivity index (χ1) is 10.7. The fourth-order valence-corrected chi connectivity index (χ4v) is 4.56. The lowest BCUT2D eigenvalue weighted by Crippen LogP contribution is -2.30. The van der Waals surface area contributed by atoms with Gasteiger partial charge in [-0.2, -0.15) is 0 Å². The van der Waals surface area contributed by atoms with Crippen molar-refractivity contribution in [3.05, 3.63) is 28.8 Å². The van der Waals surface area contributed by atoms with Crippen LogP contribution in [0.1, 0.15) is 44.1 Å². The Morgan fingerprint density at radius 2 is 2.00 bits per heavy atom. The summed E-state index contributed by atoms with van der Waals surface area (Å²) >= 11 is 8.27. The van der Waals surface area contributed by atoms with Gasteiger partial charge in [-0.25, -0.2) is 4.99 Å². The molecule has 22 heavy (non-hydrogen) atoms. The number of hydrogen-bond donors (Lipinski definition) is 0. The lowest BCUT2D eigenvalue weighted by atomic mass is 10.00. The number of halogens is 1. The van der Waals surface area contributed by atoms with E-state index in [2.05, 4.69) is 4.90 Å². The molecule has 120 valence electrons. The molecule has 0 bridgehead atoms. The Morgan fingerprint density at radius 3 is 2.77 bits per heavy atom. The maximum absolute atomic E-state index is 6.40. The summed E-state index contributed by atoms with van der Waals surface area (Å²) in [6.07, 6.45) is 8.43. The third kappa shape index (κ3) is 3.99. The van der Waals surface area contributed by atoms with Crippen molar-refractivity contribution in [2.75, 3.05) is 18.8 Å². The molecule has 0 radical (unpaired) electrons. The van der Waals surface area contributed by atoms with E-state index in [9.17, 15) is 0 Å². The zero-order valence-corrected chi connectivity index (χ0v) is 14.9. The van der Waals surface area contributed by atoms with Gasteiger partial charge in [-0.1, -0.05) is 61.2 Å². The maximum Gasteiger partial charge on any atom is 0.164 e. The fourth-order valence-electron chi connectivity index (χ4n) is 3.39. The zero-order valence-electron chi connectivity index (χ0n) is 13.4. The third-order valence-electron chi connectivity index (χ3n) is 4.70. The van der Waals surface area contributed by atoms with Crippen molar-refractivity contribution in [2.45, 2.75) is 45.4 Å². The SMILES string of the molecule is Cc1cccc(N=C2SCCN2CC2CCCCCC2)c1Cl. The van der Waals surface area contributed by atoms with E-state index in [-0.39, 0.29) is 0 Å². The second-order valence-corrected chi connectivity index (χ2v) is 7.89. The molecule has 0 unspecified atom stereocenters. The molecule has 2 fully saturated rings. The van der Waals surface area contributed by atoms with Crippen LogP contribution >= 0.6 is 23.4 Å². The van der Waals surface area contributed by atoms with Crippen LogP contribution in [-0.4, -0.2) is 28.9 Å². The largest absolute Gasteiger partial charge is 0.350 e. The molecule has 0 atom stereocenters. The van der Waals surface area contributed by atoms with Crippen LogP contribution < -0.4 is 0 Å². The fraction of sp³-hybridized carbons (Fsp3) is 0.611. The van der Waals surface area contributed by atoms with Crippen molar-refractivity contribution < 1.29 is 0 Å². The van der Waals surface area contributed by atoms with E-state index in [0.29, 0.717) is 0 Å². The summed E-state index contributed by atoms with van der Waals surface area (Å²) in [6.45, 7) is 4.34. The van der Waals surface area contributed by atoms with Crippen LogP contribution in [0.3, 0.4) is 0 Å². The van der Waals surface area contributed by atoms with Gasteiger partial charge in [-0.15, -0.1) is 0 Å². The summed E-state index contributed by atoms with van der Waals surface area (Å²) in [6, 6.07) is 6.10. The van der Waals surface area contributed by atoms with E-state index in [1.54, 1.807) is 0 Å². The van der Waals surface area contributed by atoms with Gasteiger partial charge in [-0.05, 0) is 37.3 Å². The Bertz CT molecular complexity index is 536. The third-order valence-corrected chi connectivity index (χ3v) is 6.19. The van der Waals surface area contributed by atoms with Gasteiger partial charge in [0, 0.05) is 18.8 Å². The molecule has 1 aliphatic heterocycles. The molecular weight excluding hydrogens is 312 g/mol. The lowest BCUT2D eigenvalue weighted by Gasteiger charge is -2.24. The highest BCUT2D eigenvalue weighted by atomic mass is 35.5. The molecule has 0 spiro atoms. The molecule has 1 saturated heterocycles. The van der Waals surface area contributed by atoms with Gasteiger partial charge in [0.1, 0.15) is 0 Å². The van der Waals surface area contributed by atoms with E-state index in [1.165, 1.54) is 45.1 Å². The minimum absolute atomic E-state index is 0.789. The Morgan fingerprint density at radius 1 is 1.23 bits per heavy atom. The Kier molecular flexibility index (Phi) is 5.70. The average molecular weight is 337 g/mol. The van der Waals surface area contributed by atoms with Gasteiger partial charge < -0.3 is 4.90 Å². The van der Waals surface area contributed by atoms with E-state index in [0.717, 1.165) is 39.7 Å². The molecule has 3 rings (SSSR count). The van der Waals surface area contributed by atoms with Crippen LogP contribution in [0.5, 0.6) is 0 Å². The second kappa shape index (κ2) is 7.74. The van der Waals surface area contributed by atoms with Gasteiger partial charge in [0.25, 0.3) is 0 Å².